The molecule has 1 fully saturated rings. The lowest BCUT2D eigenvalue weighted by atomic mass is 10.2. The van der Waals surface area contributed by atoms with E-state index >= 15 is 0 Å². The number of hydrogen-bond acceptors (Lipinski definition) is 9. The number of aromatic amines is 1. The molecule has 0 aliphatic heterocycles. The van der Waals surface area contributed by atoms with Crippen LogP contribution < -0.4 is 10.8 Å². The highest BCUT2D eigenvalue weighted by Gasteiger charge is 2.40. The first kappa shape index (κ1) is 18.7. The van der Waals surface area contributed by atoms with Crippen LogP contribution in [0.5, 0.6) is 0 Å². The third-order valence-corrected chi connectivity index (χ3v) is 6.48. The van der Waals surface area contributed by atoms with Gasteiger partial charge in [-0.3, -0.25) is 19.9 Å². The first-order valence-electron chi connectivity index (χ1n) is 8.88. The molecule has 2 atom stereocenters. The zero-order valence-corrected chi connectivity index (χ0v) is 16.8. The smallest absolute Gasteiger partial charge is 0.296 e. The van der Waals surface area contributed by atoms with Gasteiger partial charge in [-0.1, -0.05) is 5.16 Å². The summed E-state index contributed by atoms with van der Waals surface area (Å²) in [6.45, 7) is 0. The molecule has 5 rings (SSSR count). The van der Waals surface area contributed by atoms with Crippen LogP contribution in [0, 0.1) is 0 Å². The highest BCUT2D eigenvalue weighted by molar-refractivity contribution is 7.13. The fraction of sp³-hybridized carbons (Fsp3) is 0.167. The van der Waals surface area contributed by atoms with Crippen LogP contribution in [0.15, 0.2) is 39.7 Å². The van der Waals surface area contributed by atoms with Crippen molar-refractivity contribution in [1.82, 2.24) is 31.1 Å². The van der Waals surface area contributed by atoms with Gasteiger partial charge in [-0.15, -0.1) is 22.7 Å². The van der Waals surface area contributed by atoms with Gasteiger partial charge in [0.15, 0.2) is 17.1 Å². The van der Waals surface area contributed by atoms with Gasteiger partial charge < -0.3 is 9.84 Å². The van der Waals surface area contributed by atoms with E-state index in [0.29, 0.717) is 17.1 Å². The molecule has 0 radical (unpaired) electrons. The first-order chi connectivity index (χ1) is 14.6. The zero-order chi connectivity index (χ0) is 20.7. The molecular formula is C18H14N6O4S2. The SMILES string of the molecule is O=C(NO)c1cc(-c2cc(C3CC3NC(=O)c3cc(-c4nccs4)[nH]n3)cs2)on1. The van der Waals surface area contributed by atoms with Gasteiger partial charge in [0, 0.05) is 29.6 Å². The number of hydroxylamine groups is 1. The third kappa shape index (κ3) is 3.51. The van der Waals surface area contributed by atoms with Crippen LogP contribution in [0.25, 0.3) is 21.3 Å². The molecule has 30 heavy (non-hydrogen) atoms. The lowest BCUT2D eigenvalue weighted by Crippen LogP contribution is -2.26. The molecule has 12 heteroatoms. The molecule has 4 aromatic heterocycles. The predicted molar refractivity (Wildman–Crippen MR) is 107 cm³/mol. The summed E-state index contributed by atoms with van der Waals surface area (Å²) in [7, 11) is 0. The Balaban J connectivity index is 1.22. The topological polar surface area (TPSA) is 146 Å². The van der Waals surface area contributed by atoms with Crippen molar-refractivity contribution >= 4 is 34.5 Å². The van der Waals surface area contributed by atoms with Crippen LogP contribution in [0.1, 0.15) is 38.9 Å². The van der Waals surface area contributed by atoms with Gasteiger partial charge in [0.05, 0.1) is 10.6 Å². The predicted octanol–water partition coefficient (Wildman–Crippen LogP) is 2.65. The van der Waals surface area contributed by atoms with Gasteiger partial charge in [0.25, 0.3) is 11.8 Å². The van der Waals surface area contributed by atoms with Crippen molar-refractivity contribution in [1.29, 1.82) is 0 Å². The number of amides is 2. The maximum absolute atomic E-state index is 12.5. The van der Waals surface area contributed by atoms with Gasteiger partial charge in [0.2, 0.25) is 0 Å². The summed E-state index contributed by atoms with van der Waals surface area (Å²) < 4.78 is 5.17. The van der Waals surface area contributed by atoms with Crippen LogP contribution in [0.4, 0.5) is 0 Å². The minimum absolute atomic E-state index is 0.00451. The van der Waals surface area contributed by atoms with Crippen LogP contribution in [0.3, 0.4) is 0 Å². The van der Waals surface area contributed by atoms with Crippen molar-refractivity contribution < 1.29 is 19.3 Å². The summed E-state index contributed by atoms with van der Waals surface area (Å²) in [4.78, 5) is 28.9. The molecule has 1 saturated carbocycles. The van der Waals surface area contributed by atoms with Crippen LogP contribution >= 0.6 is 22.7 Å². The van der Waals surface area contributed by atoms with E-state index in [-0.39, 0.29) is 23.6 Å². The average molecular weight is 442 g/mol. The molecule has 0 saturated heterocycles. The zero-order valence-electron chi connectivity index (χ0n) is 15.2. The van der Waals surface area contributed by atoms with Crippen molar-refractivity contribution in [3.63, 3.8) is 0 Å². The molecule has 0 bridgehead atoms. The standard InChI is InChI=1S/C18H14N6O4S2/c25-16(11-5-13(22-21-11)18-19-1-2-29-18)20-10-4-9(10)8-3-15(30-7-8)14-6-12(24-28-14)17(26)23-27/h1-3,5-7,9-10,27H,4H2,(H,20,25)(H,21,22)(H,23,26). The van der Waals surface area contributed by atoms with E-state index in [1.807, 2.05) is 16.8 Å². The van der Waals surface area contributed by atoms with E-state index in [1.54, 1.807) is 12.3 Å². The lowest BCUT2D eigenvalue weighted by molar-refractivity contribution is 0.0696. The molecule has 4 heterocycles. The Kier molecular flexibility index (Phi) is 4.65. The number of H-pyrrole nitrogens is 1. The largest absolute Gasteiger partial charge is 0.355 e. The van der Waals surface area contributed by atoms with Crippen LogP contribution in [-0.2, 0) is 0 Å². The Labute approximate surface area is 176 Å². The van der Waals surface area contributed by atoms with Gasteiger partial charge >= 0.3 is 0 Å². The summed E-state index contributed by atoms with van der Waals surface area (Å²) in [5, 5.41) is 26.9. The summed E-state index contributed by atoms with van der Waals surface area (Å²) in [6.07, 6.45) is 2.53. The van der Waals surface area contributed by atoms with Crippen LogP contribution in [0.2, 0.25) is 0 Å². The number of rotatable bonds is 6. The number of carbonyl (C=O) groups excluding carboxylic acids is 2. The second-order valence-electron chi connectivity index (χ2n) is 6.69. The van der Waals surface area contributed by atoms with E-state index in [4.69, 9.17) is 9.73 Å². The number of carbonyl (C=O) groups is 2. The Hall–Kier alpha value is -3.35. The first-order valence-corrected chi connectivity index (χ1v) is 10.6. The fourth-order valence-electron chi connectivity index (χ4n) is 3.10. The summed E-state index contributed by atoms with van der Waals surface area (Å²) in [5.74, 6) is -0.313. The number of hydrogen-bond donors (Lipinski definition) is 4. The third-order valence-electron chi connectivity index (χ3n) is 4.72. The molecule has 10 nitrogen and oxygen atoms in total. The molecule has 1 aliphatic carbocycles. The number of nitrogens with zero attached hydrogens (tertiary/aromatic N) is 3. The maximum atomic E-state index is 12.5. The molecule has 152 valence electrons. The minimum atomic E-state index is -0.733. The number of thiophene rings is 1. The summed E-state index contributed by atoms with van der Waals surface area (Å²) >= 11 is 2.93. The highest BCUT2D eigenvalue weighted by Crippen LogP contribution is 2.44. The average Bonchev–Trinajstić information content (AvgIpc) is 3.37. The molecule has 0 spiro atoms. The Bertz CT molecular complexity index is 1210. The van der Waals surface area contributed by atoms with Crippen molar-refractivity contribution in [2.75, 3.05) is 0 Å². The Morgan fingerprint density at radius 2 is 2.10 bits per heavy atom. The Morgan fingerprint density at radius 3 is 2.90 bits per heavy atom. The Morgan fingerprint density at radius 1 is 1.20 bits per heavy atom. The molecular weight excluding hydrogens is 428 g/mol. The van der Waals surface area contributed by atoms with E-state index in [9.17, 15) is 9.59 Å². The monoisotopic (exact) mass is 442 g/mol. The molecule has 4 aromatic rings. The van der Waals surface area contributed by atoms with Gasteiger partial charge in [0.1, 0.15) is 5.01 Å². The number of nitrogens with one attached hydrogen (secondary N) is 3. The molecule has 0 aromatic carbocycles. The maximum Gasteiger partial charge on any atom is 0.296 e. The second-order valence-corrected chi connectivity index (χ2v) is 8.49. The van der Waals surface area contributed by atoms with Crippen LogP contribution in [-0.4, -0.2) is 43.4 Å². The minimum Gasteiger partial charge on any atom is -0.355 e. The number of aromatic nitrogens is 4. The van der Waals surface area contributed by atoms with Gasteiger partial charge in [-0.2, -0.15) is 5.10 Å². The quantitative estimate of drug-likeness (QED) is 0.265. The van der Waals surface area contributed by atoms with Crippen molar-refractivity contribution in [3.8, 4) is 21.3 Å². The normalized spacial score (nSPS) is 17.6. The number of thiazole rings is 1. The van der Waals surface area contributed by atoms with E-state index in [0.717, 1.165) is 21.9 Å². The fourth-order valence-corrected chi connectivity index (χ4v) is 4.63. The van der Waals surface area contributed by atoms with Crippen molar-refractivity contribution in [3.05, 3.63) is 52.1 Å². The lowest BCUT2D eigenvalue weighted by Gasteiger charge is -2.01. The second kappa shape index (κ2) is 7.48. The highest BCUT2D eigenvalue weighted by atomic mass is 32.1. The molecule has 4 N–H and O–H groups in total. The van der Waals surface area contributed by atoms with E-state index in [1.165, 1.54) is 34.2 Å². The van der Waals surface area contributed by atoms with E-state index in [2.05, 4.69) is 25.7 Å². The molecule has 2 amide bonds. The molecule has 1 aliphatic rings. The van der Waals surface area contributed by atoms with Gasteiger partial charge in [-0.25, -0.2) is 10.5 Å². The summed E-state index contributed by atoms with van der Waals surface area (Å²) in [5.41, 5.74) is 3.63. The van der Waals surface area contributed by atoms with E-state index < -0.39 is 5.91 Å². The van der Waals surface area contributed by atoms with Crippen molar-refractivity contribution in [2.45, 2.75) is 18.4 Å². The summed E-state index contributed by atoms with van der Waals surface area (Å²) in [6, 6.07) is 5.14. The van der Waals surface area contributed by atoms with Crippen molar-refractivity contribution in [2.24, 2.45) is 0 Å². The van der Waals surface area contributed by atoms with Gasteiger partial charge in [-0.05, 0) is 29.5 Å². The molecule has 2 unspecified atom stereocenters.